The largest absolute Gasteiger partial charge is 0.480 e. The Morgan fingerprint density at radius 2 is 1.76 bits per heavy atom. The highest BCUT2D eigenvalue weighted by Gasteiger charge is 2.45. The molecule has 2 unspecified atom stereocenters. The van der Waals surface area contributed by atoms with Crippen molar-refractivity contribution in [2.45, 2.75) is 66.2 Å². The molecule has 1 aromatic carbocycles. The molecular weight excluding hydrogens is 447 g/mol. The van der Waals surface area contributed by atoms with Crippen molar-refractivity contribution in [3.8, 4) is 11.6 Å². The number of esters is 1. The molecule has 1 heterocycles. The van der Waals surface area contributed by atoms with Gasteiger partial charge in [0, 0.05) is 6.07 Å². The van der Waals surface area contributed by atoms with Crippen molar-refractivity contribution in [3.05, 3.63) is 42.1 Å². The number of carbonyl (C=O) groups excluding carboxylic acids is 1. The lowest BCUT2D eigenvalue weighted by molar-refractivity contribution is -0.149. The maximum Gasteiger partial charge on any atom is 0.393 e. The number of carboxylic acid groups (broad SMARTS) is 1. The predicted molar refractivity (Wildman–Crippen MR) is 124 cm³/mol. The number of rotatable bonds is 11. The van der Waals surface area contributed by atoms with Crippen LogP contribution in [0.4, 0.5) is 0 Å². The molecule has 0 radical (unpaired) electrons. The molecule has 2 aromatic rings. The topological polar surface area (TPSA) is 132 Å². The third kappa shape index (κ3) is 6.66. The fraction of sp³-hybridized carbons (Fsp3) is 0.500. The Balaban J connectivity index is 2.49. The molecule has 0 saturated heterocycles. The fourth-order valence-corrected chi connectivity index (χ4v) is 5.02. The van der Waals surface area contributed by atoms with E-state index in [1.54, 1.807) is 52.8 Å². The molecule has 11 heteroatoms. The summed E-state index contributed by atoms with van der Waals surface area (Å²) in [5.74, 6) is -2.21. The number of para-hydroxylation sites is 1. The number of aromatic nitrogens is 2. The summed E-state index contributed by atoms with van der Waals surface area (Å²) in [6, 6.07) is 9.59. The third-order valence-electron chi connectivity index (χ3n) is 5.07. The Kier molecular flexibility index (Phi) is 8.46. The average Bonchev–Trinajstić information content (AvgIpc) is 3.07. The summed E-state index contributed by atoms with van der Waals surface area (Å²) in [5.41, 5.74) is -0.376. The predicted octanol–water partition coefficient (Wildman–Crippen LogP) is 3.69. The highest BCUT2D eigenvalue weighted by molar-refractivity contribution is 7.55. The number of nitrogens with one attached hydrogen (secondary N) is 2. The number of benzene rings is 1. The molecule has 0 spiro atoms. The zero-order valence-corrected chi connectivity index (χ0v) is 20.9. The lowest BCUT2D eigenvalue weighted by Crippen LogP contribution is -2.55. The Morgan fingerprint density at radius 1 is 1.15 bits per heavy atom. The van der Waals surface area contributed by atoms with E-state index in [2.05, 4.69) is 15.3 Å². The van der Waals surface area contributed by atoms with Crippen molar-refractivity contribution in [2.24, 2.45) is 5.92 Å². The number of nitrogens with zero attached hydrogens (tertiary/aromatic N) is 2. The number of carboxylic acids is 1. The van der Waals surface area contributed by atoms with Crippen LogP contribution in [0.1, 0.15) is 47.2 Å². The van der Waals surface area contributed by atoms with E-state index in [0.717, 1.165) is 0 Å². The molecule has 0 aliphatic heterocycles. The quantitative estimate of drug-likeness (QED) is 0.325. The average molecular weight is 481 g/mol. The first-order valence-electron chi connectivity index (χ1n) is 10.7. The van der Waals surface area contributed by atoms with E-state index in [0.29, 0.717) is 11.4 Å². The first kappa shape index (κ1) is 26.6. The zero-order chi connectivity index (χ0) is 25.0. The maximum absolute atomic E-state index is 14.0. The molecule has 0 saturated carbocycles. The SMILES string of the molecule is Cc1cc(OP(=O)(N[C@@H](C)C(=O)OC(C)C)NC(C)(C(=O)O)C(C)C)n(-c2ccccc2)n1. The van der Waals surface area contributed by atoms with Gasteiger partial charge in [-0.3, -0.25) is 9.59 Å². The molecule has 1 aromatic heterocycles. The van der Waals surface area contributed by atoms with Crippen molar-refractivity contribution in [2.75, 3.05) is 0 Å². The Labute approximate surface area is 194 Å². The minimum atomic E-state index is -4.20. The number of ether oxygens (including phenoxy) is 1. The van der Waals surface area contributed by atoms with Crippen LogP contribution in [-0.2, 0) is 18.9 Å². The summed E-state index contributed by atoms with van der Waals surface area (Å²) in [6.07, 6.45) is -0.378. The van der Waals surface area contributed by atoms with Gasteiger partial charge in [-0.1, -0.05) is 32.0 Å². The van der Waals surface area contributed by atoms with Crippen molar-refractivity contribution < 1.29 is 28.5 Å². The van der Waals surface area contributed by atoms with Gasteiger partial charge in [0.1, 0.15) is 11.6 Å². The Hall–Kier alpha value is -2.68. The lowest BCUT2D eigenvalue weighted by atomic mass is 9.90. The molecule has 3 N–H and O–H groups in total. The summed E-state index contributed by atoms with van der Waals surface area (Å²) < 4.78 is 26.6. The molecule has 0 bridgehead atoms. The first-order chi connectivity index (χ1) is 15.3. The van der Waals surface area contributed by atoms with E-state index in [9.17, 15) is 19.3 Å². The van der Waals surface area contributed by atoms with Crippen molar-refractivity contribution in [3.63, 3.8) is 0 Å². The van der Waals surface area contributed by atoms with Crippen molar-refractivity contribution in [1.29, 1.82) is 0 Å². The fourth-order valence-electron chi connectivity index (χ4n) is 2.88. The van der Waals surface area contributed by atoms with E-state index < -0.39 is 37.1 Å². The number of aliphatic carboxylic acids is 1. The van der Waals surface area contributed by atoms with Crippen molar-refractivity contribution >= 4 is 19.6 Å². The second-order valence-electron chi connectivity index (χ2n) is 8.62. The van der Waals surface area contributed by atoms with E-state index in [1.807, 2.05) is 18.2 Å². The van der Waals surface area contributed by atoms with Gasteiger partial charge < -0.3 is 14.4 Å². The van der Waals surface area contributed by atoms with Gasteiger partial charge in [-0.25, -0.2) is 19.4 Å². The number of hydrogen-bond donors (Lipinski definition) is 3. The molecule has 182 valence electrons. The number of aryl methyl sites for hydroxylation is 1. The van der Waals surface area contributed by atoms with Gasteiger partial charge >= 0.3 is 19.6 Å². The number of hydrogen-bond acceptors (Lipinski definition) is 6. The van der Waals surface area contributed by atoms with E-state index in [1.165, 1.54) is 18.5 Å². The van der Waals surface area contributed by atoms with E-state index in [-0.39, 0.29) is 12.0 Å². The second kappa shape index (κ2) is 10.5. The highest BCUT2D eigenvalue weighted by Crippen LogP contribution is 2.44. The zero-order valence-electron chi connectivity index (χ0n) is 20.0. The second-order valence-corrected chi connectivity index (χ2v) is 10.4. The molecule has 33 heavy (non-hydrogen) atoms. The lowest BCUT2D eigenvalue weighted by Gasteiger charge is -2.35. The molecule has 0 aliphatic rings. The van der Waals surface area contributed by atoms with Crippen molar-refractivity contribution in [1.82, 2.24) is 20.0 Å². The van der Waals surface area contributed by atoms with Crippen LogP contribution in [0.15, 0.2) is 36.4 Å². The molecule has 10 nitrogen and oxygen atoms in total. The van der Waals surface area contributed by atoms with Gasteiger partial charge in [-0.05, 0) is 52.7 Å². The molecule has 3 atom stereocenters. The Bertz CT molecular complexity index is 1020. The smallest absolute Gasteiger partial charge is 0.393 e. The minimum Gasteiger partial charge on any atom is -0.480 e. The summed E-state index contributed by atoms with van der Waals surface area (Å²) in [7, 11) is -4.20. The van der Waals surface area contributed by atoms with Gasteiger partial charge in [-0.2, -0.15) is 5.10 Å². The van der Waals surface area contributed by atoms with Crippen LogP contribution in [-0.4, -0.2) is 44.5 Å². The molecule has 0 aliphatic carbocycles. The summed E-state index contributed by atoms with van der Waals surface area (Å²) in [6.45, 7) is 11.4. The first-order valence-corrected chi connectivity index (χ1v) is 12.3. The van der Waals surface area contributed by atoms with Crippen LogP contribution >= 0.6 is 7.67 Å². The van der Waals surface area contributed by atoms with Gasteiger partial charge in [0.05, 0.1) is 17.5 Å². The molecular formula is C22H33N4O6P. The number of carbonyl (C=O) groups is 2. The standard InChI is InChI=1S/C22H33N4O6P/c1-14(2)22(7,21(28)29)25-33(30,24-17(6)20(27)31-15(3)4)32-19-13-16(5)23-26(19)18-11-9-8-10-12-18/h8-15,17H,1-7H3,(H,28,29)(H2,24,25,30)/t17-,22?,33?/m0/s1. The van der Waals surface area contributed by atoms with Crippen LogP contribution in [0.3, 0.4) is 0 Å². The monoisotopic (exact) mass is 480 g/mol. The Morgan fingerprint density at radius 3 is 2.27 bits per heavy atom. The van der Waals surface area contributed by atoms with Gasteiger partial charge in [0.15, 0.2) is 0 Å². The molecule has 0 fully saturated rings. The van der Waals surface area contributed by atoms with E-state index >= 15 is 0 Å². The summed E-state index contributed by atoms with van der Waals surface area (Å²) in [5, 5.41) is 19.5. The van der Waals surface area contributed by atoms with Gasteiger partial charge in [-0.15, -0.1) is 0 Å². The molecule has 0 amide bonds. The minimum absolute atomic E-state index is 0.114. The van der Waals surface area contributed by atoms with E-state index in [4.69, 9.17) is 9.26 Å². The van der Waals surface area contributed by atoms with Crippen LogP contribution in [0.25, 0.3) is 5.69 Å². The normalized spacial score (nSPS) is 16.2. The summed E-state index contributed by atoms with van der Waals surface area (Å²) >= 11 is 0. The molecule has 2 rings (SSSR count). The van der Waals surface area contributed by atoms with Gasteiger partial charge in [0.25, 0.3) is 0 Å². The van der Waals surface area contributed by atoms with Crippen LogP contribution in [0.5, 0.6) is 5.88 Å². The van der Waals surface area contributed by atoms with Crippen LogP contribution in [0, 0.1) is 12.8 Å². The van der Waals surface area contributed by atoms with Gasteiger partial charge in [0.2, 0.25) is 5.88 Å². The van der Waals surface area contributed by atoms with Crippen LogP contribution < -0.4 is 14.7 Å². The summed E-state index contributed by atoms with van der Waals surface area (Å²) in [4.78, 5) is 24.5. The maximum atomic E-state index is 14.0. The third-order valence-corrected chi connectivity index (χ3v) is 7.00. The highest BCUT2D eigenvalue weighted by atomic mass is 31.2. The van der Waals surface area contributed by atoms with Crippen LogP contribution in [0.2, 0.25) is 0 Å².